The minimum Gasteiger partial charge on any atom is -0.490 e. The molecule has 140 valence electrons. The monoisotopic (exact) mass is 440 g/mol. The van der Waals surface area contributed by atoms with Gasteiger partial charge in [-0.05, 0) is 26.0 Å². The van der Waals surface area contributed by atoms with Gasteiger partial charge in [-0.2, -0.15) is 0 Å². The van der Waals surface area contributed by atoms with Crippen molar-refractivity contribution in [3.63, 3.8) is 0 Å². The zero-order chi connectivity index (χ0) is 18.9. The number of nitrogens with zero attached hydrogens (tertiary/aromatic N) is 1. The molecular weight excluding hydrogens is 420 g/mol. The minimum atomic E-state index is -0.480. The van der Waals surface area contributed by atoms with Crippen molar-refractivity contribution in [1.29, 1.82) is 0 Å². The van der Waals surface area contributed by atoms with E-state index in [2.05, 4.69) is 32.8 Å². The van der Waals surface area contributed by atoms with Crippen LogP contribution in [-0.2, 0) is 11.3 Å². The number of carbonyl (C=O) groups is 1. The second-order valence-corrected chi connectivity index (χ2v) is 6.75. The molecule has 0 spiro atoms. The predicted molar refractivity (Wildman–Crippen MR) is 106 cm³/mol. The van der Waals surface area contributed by atoms with Crippen LogP contribution in [0.2, 0.25) is 0 Å². The standard InChI is InChI=1S/C18H21BrN2O4S/c1-4-7-20-18-21-14(11-26-18)17(22)25-10-12-8-15(23-5-2)16(24-6-3)9-13(12)19/h4,8-9,11H,1,5-7,10H2,2-3H3,(H,20,21). The number of rotatable bonds is 10. The van der Waals surface area contributed by atoms with Crippen LogP contribution >= 0.6 is 27.3 Å². The summed E-state index contributed by atoms with van der Waals surface area (Å²) in [5, 5.41) is 5.35. The third-order valence-corrected chi connectivity index (χ3v) is 4.72. The van der Waals surface area contributed by atoms with Gasteiger partial charge in [0.1, 0.15) is 6.61 Å². The molecule has 1 aromatic carbocycles. The van der Waals surface area contributed by atoms with Crippen LogP contribution in [0.4, 0.5) is 5.13 Å². The van der Waals surface area contributed by atoms with E-state index in [4.69, 9.17) is 14.2 Å². The van der Waals surface area contributed by atoms with Gasteiger partial charge in [0.25, 0.3) is 0 Å². The van der Waals surface area contributed by atoms with Crippen LogP contribution in [0.5, 0.6) is 11.5 Å². The molecule has 0 fully saturated rings. The molecule has 1 heterocycles. The summed E-state index contributed by atoms with van der Waals surface area (Å²) in [6.07, 6.45) is 1.72. The first kappa shape index (κ1) is 20.3. The molecule has 8 heteroatoms. The minimum absolute atomic E-state index is 0.0961. The van der Waals surface area contributed by atoms with Crippen molar-refractivity contribution in [3.8, 4) is 11.5 Å². The lowest BCUT2D eigenvalue weighted by atomic mass is 10.2. The average molecular weight is 441 g/mol. The molecule has 0 atom stereocenters. The molecule has 0 bridgehead atoms. The summed E-state index contributed by atoms with van der Waals surface area (Å²) < 4.78 is 17.3. The lowest BCUT2D eigenvalue weighted by Gasteiger charge is -2.14. The summed E-state index contributed by atoms with van der Waals surface area (Å²) in [4.78, 5) is 16.4. The fourth-order valence-corrected chi connectivity index (χ4v) is 3.18. The number of halogens is 1. The SMILES string of the molecule is C=CCNc1nc(C(=O)OCc2cc(OCC)c(OCC)cc2Br)cs1. The maximum atomic E-state index is 12.2. The topological polar surface area (TPSA) is 69.7 Å². The van der Waals surface area contributed by atoms with E-state index in [1.807, 2.05) is 26.0 Å². The van der Waals surface area contributed by atoms with Gasteiger partial charge in [-0.25, -0.2) is 9.78 Å². The van der Waals surface area contributed by atoms with Crippen LogP contribution in [0.25, 0.3) is 0 Å². The number of nitrogens with one attached hydrogen (secondary N) is 1. The second-order valence-electron chi connectivity index (χ2n) is 5.04. The number of hydrogen-bond donors (Lipinski definition) is 1. The van der Waals surface area contributed by atoms with Crippen molar-refractivity contribution in [2.45, 2.75) is 20.5 Å². The van der Waals surface area contributed by atoms with Crippen molar-refractivity contribution >= 4 is 38.4 Å². The molecule has 6 nitrogen and oxygen atoms in total. The van der Waals surface area contributed by atoms with Crippen molar-refractivity contribution in [2.24, 2.45) is 0 Å². The van der Waals surface area contributed by atoms with Gasteiger partial charge in [0.2, 0.25) is 0 Å². The van der Waals surface area contributed by atoms with Gasteiger partial charge in [0, 0.05) is 22.0 Å². The Hall–Kier alpha value is -2.06. The smallest absolute Gasteiger partial charge is 0.358 e. The molecule has 0 saturated carbocycles. The van der Waals surface area contributed by atoms with Crippen LogP contribution in [-0.4, -0.2) is 30.7 Å². The van der Waals surface area contributed by atoms with Crippen molar-refractivity contribution < 1.29 is 19.0 Å². The molecule has 2 aromatic rings. The summed E-state index contributed by atoms with van der Waals surface area (Å²) in [7, 11) is 0. The Morgan fingerprint density at radius 2 is 2.00 bits per heavy atom. The lowest BCUT2D eigenvalue weighted by molar-refractivity contribution is 0.0465. The summed E-state index contributed by atoms with van der Waals surface area (Å²) >= 11 is 4.82. The predicted octanol–water partition coefficient (Wildman–Crippen LogP) is 4.66. The first-order valence-electron chi connectivity index (χ1n) is 8.14. The molecule has 0 saturated heterocycles. The lowest BCUT2D eigenvalue weighted by Crippen LogP contribution is -2.07. The second kappa shape index (κ2) is 10.2. The van der Waals surface area contributed by atoms with Gasteiger partial charge in [-0.1, -0.05) is 22.0 Å². The summed E-state index contributed by atoms with van der Waals surface area (Å²) in [6.45, 7) is 9.16. The van der Waals surface area contributed by atoms with Crippen LogP contribution in [0.15, 0.2) is 34.6 Å². The van der Waals surface area contributed by atoms with Crippen LogP contribution in [0, 0.1) is 0 Å². The van der Waals surface area contributed by atoms with E-state index in [0.29, 0.717) is 36.4 Å². The Labute approximate surface area is 165 Å². The van der Waals surface area contributed by atoms with Gasteiger partial charge >= 0.3 is 5.97 Å². The highest BCUT2D eigenvalue weighted by atomic mass is 79.9. The van der Waals surface area contributed by atoms with E-state index >= 15 is 0 Å². The number of aromatic nitrogens is 1. The van der Waals surface area contributed by atoms with Gasteiger partial charge in [0.15, 0.2) is 22.3 Å². The third kappa shape index (κ3) is 5.47. The number of thiazole rings is 1. The largest absolute Gasteiger partial charge is 0.490 e. The van der Waals surface area contributed by atoms with Crippen molar-refractivity contribution in [2.75, 3.05) is 25.1 Å². The average Bonchev–Trinajstić information content (AvgIpc) is 3.10. The molecule has 1 N–H and O–H groups in total. The highest BCUT2D eigenvalue weighted by molar-refractivity contribution is 9.10. The molecule has 0 amide bonds. The third-order valence-electron chi connectivity index (χ3n) is 3.18. The molecule has 0 aliphatic rings. The number of benzene rings is 1. The van der Waals surface area contributed by atoms with Gasteiger partial charge in [0.05, 0.1) is 13.2 Å². The summed E-state index contributed by atoms with van der Waals surface area (Å²) in [5.74, 6) is 0.786. The fraction of sp³-hybridized carbons (Fsp3) is 0.333. The van der Waals surface area contributed by atoms with E-state index in [-0.39, 0.29) is 12.3 Å². The Bertz CT molecular complexity index is 764. The van der Waals surface area contributed by atoms with E-state index in [1.165, 1.54) is 11.3 Å². The van der Waals surface area contributed by atoms with Gasteiger partial charge in [-0.15, -0.1) is 17.9 Å². The van der Waals surface area contributed by atoms with Crippen molar-refractivity contribution in [3.05, 3.63) is 45.9 Å². The molecule has 0 aliphatic carbocycles. The molecule has 26 heavy (non-hydrogen) atoms. The maximum absolute atomic E-state index is 12.2. The highest BCUT2D eigenvalue weighted by Gasteiger charge is 2.15. The Kier molecular flexibility index (Phi) is 7.93. The molecule has 0 aliphatic heterocycles. The zero-order valence-electron chi connectivity index (χ0n) is 14.7. The molecule has 0 unspecified atom stereocenters. The maximum Gasteiger partial charge on any atom is 0.358 e. The Balaban J connectivity index is 2.05. The zero-order valence-corrected chi connectivity index (χ0v) is 17.1. The van der Waals surface area contributed by atoms with Crippen LogP contribution < -0.4 is 14.8 Å². The number of esters is 1. The van der Waals surface area contributed by atoms with Crippen LogP contribution in [0.1, 0.15) is 29.9 Å². The quantitative estimate of drug-likeness (QED) is 0.427. The number of hydrogen-bond acceptors (Lipinski definition) is 7. The number of carbonyl (C=O) groups excluding carboxylic acids is 1. The summed E-state index contributed by atoms with van der Waals surface area (Å²) in [6, 6.07) is 3.63. The first-order valence-corrected chi connectivity index (χ1v) is 9.81. The Morgan fingerprint density at radius 3 is 2.65 bits per heavy atom. The van der Waals surface area contributed by atoms with E-state index in [9.17, 15) is 4.79 Å². The first-order chi connectivity index (χ1) is 12.6. The van der Waals surface area contributed by atoms with Gasteiger partial charge < -0.3 is 19.5 Å². The van der Waals surface area contributed by atoms with Crippen molar-refractivity contribution in [1.82, 2.24) is 4.98 Å². The van der Waals surface area contributed by atoms with Crippen LogP contribution in [0.3, 0.4) is 0 Å². The molecule has 2 rings (SSSR count). The molecule has 1 aromatic heterocycles. The highest BCUT2D eigenvalue weighted by Crippen LogP contribution is 2.34. The van der Waals surface area contributed by atoms with E-state index in [0.717, 1.165) is 10.0 Å². The normalized spacial score (nSPS) is 10.3. The van der Waals surface area contributed by atoms with E-state index in [1.54, 1.807) is 11.5 Å². The molecular formula is C18H21BrN2O4S. The van der Waals surface area contributed by atoms with Gasteiger partial charge in [-0.3, -0.25) is 0 Å². The number of ether oxygens (including phenoxy) is 3. The molecule has 0 radical (unpaired) electrons. The van der Waals surface area contributed by atoms with E-state index < -0.39 is 5.97 Å². The Morgan fingerprint density at radius 1 is 1.31 bits per heavy atom. The fourth-order valence-electron chi connectivity index (χ4n) is 2.05. The number of anilines is 1. The summed E-state index contributed by atoms with van der Waals surface area (Å²) in [5.41, 5.74) is 1.05.